The van der Waals surface area contributed by atoms with Gasteiger partial charge in [-0.15, -0.1) is 0 Å². The summed E-state index contributed by atoms with van der Waals surface area (Å²) in [6.45, 7) is 0. The van der Waals surface area contributed by atoms with Crippen LogP contribution in [0.2, 0.25) is 0 Å². The molecular formula is C15H14F3N. The minimum atomic E-state index is -4.34. The summed E-state index contributed by atoms with van der Waals surface area (Å²) in [6, 6.07) is 12.7. The third-order valence-corrected chi connectivity index (χ3v) is 2.91. The average Bonchev–Trinajstić information content (AvgIpc) is 2.38. The van der Waals surface area contributed by atoms with Crippen molar-refractivity contribution >= 4 is 5.69 Å². The first-order valence-electron chi connectivity index (χ1n) is 5.83. The molecule has 0 saturated heterocycles. The lowest BCUT2D eigenvalue weighted by atomic mass is 9.99. The molecule has 1 nitrogen and oxygen atoms in total. The van der Waals surface area contributed by atoms with E-state index in [0.29, 0.717) is 5.56 Å². The van der Waals surface area contributed by atoms with E-state index in [1.807, 2.05) is 25.1 Å². The third kappa shape index (κ3) is 2.89. The fourth-order valence-electron chi connectivity index (χ4n) is 1.93. The molecule has 100 valence electrons. The number of hydrogen-bond donors (Lipinski definition) is 0. The van der Waals surface area contributed by atoms with Gasteiger partial charge in [0.15, 0.2) is 0 Å². The molecule has 4 heteroatoms. The lowest BCUT2D eigenvalue weighted by Gasteiger charge is -2.16. The van der Waals surface area contributed by atoms with Gasteiger partial charge in [-0.05, 0) is 29.3 Å². The SMILES string of the molecule is CN(C)c1cccc(-c2ccccc2C(F)(F)F)c1. The van der Waals surface area contributed by atoms with Crippen molar-refractivity contribution in [3.8, 4) is 11.1 Å². The predicted molar refractivity (Wildman–Crippen MR) is 71.2 cm³/mol. The van der Waals surface area contributed by atoms with Crippen molar-refractivity contribution in [2.24, 2.45) is 0 Å². The number of rotatable bonds is 2. The molecule has 0 N–H and O–H groups in total. The summed E-state index contributed by atoms with van der Waals surface area (Å²) in [4.78, 5) is 1.86. The number of alkyl halides is 3. The molecule has 0 radical (unpaired) electrons. The van der Waals surface area contributed by atoms with Crippen molar-refractivity contribution in [1.82, 2.24) is 0 Å². The Balaban J connectivity index is 2.56. The summed E-state index contributed by atoms with van der Waals surface area (Å²) in [5.41, 5.74) is 1.04. The summed E-state index contributed by atoms with van der Waals surface area (Å²) in [5, 5.41) is 0. The maximum absolute atomic E-state index is 13.0. The number of halogens is 3. The quantitative estimate of drug-likeness (QED) is 0.776. The van der Waals surface area contributed by atoms with E-state index in [1.165, 1.54) is 12.1 Å². The molecule has 0 saturated carbocycles. The molecule has 0 aromatic heterocycles. The van der Waals surface area contributed by atoms with Crippen LogP contribution in [0.1, 0.15) is 5.56 Å². The molecule has 2 rings (SSSR count). The molecule has 0 aliphatic heterocycles. The first kappa shape index (κ1) is 13.5. The van der Waals surface area contributed by atoms with E-state index in [-0.39, 0.29) is 5.56 Å². The number of nitrogens with zero attached hydrogens (tertiary/aromatic N) is 1. The predicted octanol–water partition coefficient (Wildman–Crippen LogP) is 4.44. The van der Waals surface area contributed by atoms with Gasteiger partial charge in [0.1, 0.15) is 0 Å². The van der Waals surface area contributed by atoms with Gasteiger partial charge in [-0.25, -0.2) is 0 Å². The first-order valence-corrected chi connectivity index (χ1v) is 5.83. The van der Waals surface area contributed by atoms with Crippen LogP contribution in [0.4, 0.5) is 18.9 Å². The van der Waals surface area contributed by atoms with Gasteiger partial charge in [-0.3, -0.25) is 0 Å². The first-order chi connectivity index (χ1) is 8.89. The Morgan fingerprint density at radius 1 is 0.895 bits per heavy atom. The van der Waals surface area contributed by atoms with Crippen molar-refractivity contribution in [2.75, 3.05) is 19.0 Å². The van der Waals surface area contributed by atoms with Crippen LogP contribution in [0.15, 0.2) is 48.5 Å². The van der Waals surface area contributed by atoms with Crippen LogP contribution in [0.5, 0.6) is 0 Å². The Morgan fingerprint density at radius 2 is 1.58 bits per heavy atom. The summed E-state index contributed by atoms with van der Waals surface area (Å²) in [5.74, 6) is 0. The van der Waals surface area contributed by atoms with E-state index in [2.05, 4.69) is 0 Å². The highest BCUT2D eigenvalue weighted by Crippen LogP contribution is 2.37. The Morgan fingerprint density at radius 3 is 2.21 bits per heavy atom. The molecule has 0 unspecified atom stereocenters. The lowest BCUT2D eigenvalue weighted by Crippen LogP contribution is -2.09. The topological polar surface area (TPSA) is 3.24 Å². The summed E-state index contributed by atoms with van der Waals surface area (Å²) in [6.07, 6.45) is -4.34. The number of benzene rings is 2. The summed E-state index contributed by atoms with van der Waals surface area (Å²) >= 11 is 0. The number of anilines is 1. The van der Waals surface area contributed by atoms with Crippen molar-refractivity contribution in [3.05, 3.63) is 54.1 Å². The molecular weight excluding hydrogens is 251 g/mol. The molecule has 0 aliphatic carbocycles. The van der Waals surface area contributed by atoms with Crippen LogP contribution >= 0.6 is 0 Å². The second-order valence-electron chi connectivity index (χ2n) is 4.49. The van der Waals surface area contributed by atoms with Gasteiger partial charge in [-0.1, -0.05) is 30.3 Å². The van der Waals surface area contributed by atoms with Gasteiger partial charge in [-0.2, -0.15) is 13.2 Å². The Kier molecular flexibility index (Phi) is 3.51. The van der Waals surface area contributed by atoms with Crippen LogP contribution in [-0.4, -0.2) is 14.1 Å². The zero-order valence-electron chi connectivity index (χ0n) is 10.7. The van der Waals surface area contributed by atoms with Gasteiger partial charge >= 0.3 is 6.18 Å². The zero-order chi connectivity index (χ0) is 14.0. The van der Waals surface area contributed by atoms with E-state index in [9.17, 15) is 13.2 Å². The second kappa shape index (κ2) is 4.96. The monoisotopic (exact) mass is 265 g/mol. The van der Waals surface area contributed by atoms with Gasteiger partial charge in [0.2, 0.25) is 0 Å². The average molecular weight is 265 g/mol. The third-order valence-electron chi connectivity index (χ3n) is 2.91. The van der Waals surface area contributed by atoms with Crippen molar-refractivity contribution in [2.45, 2.75) is 6.18 Å². The summed E-state index contributed by atoms with van der Waals surface area (Å²) < 4.78 is 38.9. The van der Waals surface area contributed by atoms with Gasteiger partial charge in [0, 0.05) is 19.8 Å². The van der Waals surface area contributed by atoms with Crippen LogP contribution in [0.3, 0.4) is 0 Å². The highest BCUT2D eigenvalue weighted by molar-refractivity contribution is 5.71. The molecule has 0 spiro atoms. The molecule has 0 aliphatic rings. The minimum absolute atomic E-state index is 0.207. The fourth-order valence-corrected chi connectivity index (χ4v) is 1.93. The second-order valence-corrected chi connectivity index (χ2v) is 4.49. The Labute approximate surface area is 110 Å². The van der Waals surface area contributed by atoms with Crippen molar-refractivity contribution in [1.29, 1.82) is 0 Å². The Bertz CT molecular complexity index is 574. The van der Waals surface area contributed by atoms with Gasteiger partial charge in [0.25, 0.3) is 0 Å². The lowest BCUT2D eigenvalue weighted by molar-refractivity contribution is -0.137. The van der Waals surface area contributed by atoms with Crippen molar-refractivity contribution < 1.29 is 13.2 Å². The molecule has 0 bridgehead atoms. The molecule has 2 aromatic rings. The maximum Gasteiger partial charge on any atom is 0.417 e. The number of hydrogen-bond acceptors (Lipinski definition) is 1. The van der Waals surface area contributed by atoms with E-state index >= 15 is 0 Å². The molecule has 0 fully saturated rings. The molecule has 2 aromatic carbocycles. The maximum atomic E-state index is 13.0. The fraction of sp³-hybridized carbons (Fsp3) is 0.200. The normalized spacial score (nSPS) is 11.4. The van der Waals surface area contributed by atoms with E-state index in [4.69, 9.17) is 0 Å². The summed E-state index contributed by atoms with van der Waals surface area (Å²) in [7, 11) is 3.71. The largest absolute Gasteiger partial charge is 0.417 e. The van der Waals surface area contributed by atoms with Crippen LogP contribution in [-0.2, 0) is 6.18 Å². The Hall–Kier alpha value is -1.97. The smallest absolute Gasteiger partial charge is 0.378 e. The van der Waals surface area contributed by atoms with Gasteiger partial charge in [0.05, 0.1) is 5.56 Å². The molecule has 19 heavy (non-hydrogen) atoms. The standard InChI is InChI=1S/C15H14F3N/c1-19(2)12-7-5-6-11(10-12)13-8-3-4-9-14(13)15(16,17)18/h3-10H,1-2H3. The van der Waals surface area contributed by atoms with E-state index in [1.54, 1.807) is 24.3 Å². The van der Waals surface area contributed by atoms with Crippen LogP contribution < -0.4 is 4.90 Å². The van der Waals surface area contributed by atoms with E-state index < -0.39 is 11.7 Å². The molecule has 0 atom stereocenters. The highest BCUT2D eigenvalue weighted by Gasteiger charge is 2.33. The molecule has 0 amide bonds. The highest BCUT2D eigenvalue weighted by atomic mass is 19.4. The van der Waals surface area contributed by atoms with Crippen LogP contribution in [0, 0.1) is 0 Å². The minimum Gasteiger partial charge on any atom is -0.378 e. The van der Waals surface area contributed by atoms with Gasteiger partial charge < -0.3 is 4.90 Å². The van der Waals surface area contributed by atoms with E-state index in [0.717, 1.165) is 11.8 Å². The zero-order valence-corrected chi connectivity index (χ0v) is 10.7. The van der Waals surface area contributed by atoms with Crippen molar-refractivity contribution in [3.63, 3.8) is 0 Å². The molecule has 0 heterocycles. The van der Waals surface area contributed by atoms with Crippen LogP contribution in [0.25, 0.3) is 11.1 Å².